The Morgan fingerprint density at radius 2 is 1.68 bits per heavy atom. The van der Waals surface area contributed by atoms with Crippen molar-refractivity contribution in [1.82, 2.24) is 0 Å². The number of halogens is 2. The van der Waals surface area contributed by atoms with Gasteiger partial charge in [0.25, 0.3) is 0 Å². The van der Waals surface area contributed by atoms with E-state index in [1.54, 1.807) is 31.3 Å². The summed E-state index contributed by atoms with van der Waals surface area (Å²) in [6.07, 6.45) is 0.299. The van der Waals surface area contributed by atoms with E-state index in [0.717, 1.165) is 11.1 Å². The van der Waals surface area contributed by atoms with Gasteiger partial charge in [-0.1, -0.05) is 24.3 Å². The molecule has 25 heavy (non-hydrogen) atoms. The van der Waals surface area contributed by atoms with Crippen LogP contribution in [0, 0.1) is 11.6 Å². The van der Waals surface area contributed by atoms with Crippen LogP contribution in [0.3, 0.4) is 0 Å². The SMILES string of the molecule is CN1C(=O)C(C)(C)c2cccc(F)c21.O=C1Cc2cccc(F)c2N1. The van der Waals surface area contributed by atoms with Crippen LogP contribution in [0.1, 0.15) is 25.0 Å². The Hall–Kier alpha value is -2.76. The van der Waals surface area contributed by atoms with E-state index >= 15 is 0 Å². The lowest BCUT2D eigenvalue weighted by Crippen LogP contribution is -2.33. The van der Waals surface area contributed by atoms with Gasteiger partial charge in [-0.2, -0.15) is 0 Å². The minimum atomic E-state index is -0.605. The van der Waals surface area contributed by atoms with Crippen LogP contribution in [0.25, 0.3) is 0 Å². The fourth-order valence-corrected chi connectivity index (χ4v) is 3.21. The number of nitrogens with one attached hydrogen (secondary N) is 1. The summed E-state index contributed by atoms with van der Waals surface area (Å²) in [6, 6.07) is 9.52. The molecule has 6 heteroatoms. The number of rotatable bonds is 0. The highest BCUT2D eigenvalue weighted by Gasteiger charge is 2.43. The second-order valence-corrected chi connectivity index (χ2v) is 6.62. The van der Waals surface area contributed by atoms with Crippen LogP contribution in [-0.2, 0) is 21.4 Å². The van der Waals surface area contributed by atoms with Gasteiger partial charge in [-0.25, -0.2) is 8.78 Å². The number of carbonyl (C=O) groups is 2. The largest absolute Gasteiger partial charge is 0.323 e. The normalized spacial score (nSPS) is 16.8. The number of amides is 2. The van der Waals surface area contributed by atoms with E-state index in [4.69, 9.17) is 0 Å². The Kier molecular flexibility index (Phi) is 4.06. The maximum atomic E-state index is 13.5. The van der Waals surface area contributed by atoms with Crippen molar-refractivity contribution in [1.29, 1.82) is 0 Å². The summed E-state index contributed by atoms with van der Waals surface area (Å²) in [5.74, 6) is -0.875. The van der Waals surface area contributed by atoms with Gasteiger partial charge in [-0.05, 0) is 37.1 Å². The molecular formula is C19H18F2N2O2. The predicted molar refractivity (Wildman–Crippen MR) is 91.6 cm³/mol. The average Bonchev–Trinajstić information content (AvgIpc) is 3.02. The van der Waals surface area contributed by atoms with E-state index in [1.165, 1.54) is 17.0 Å². The minimum Gasteiger partial charge on any atom is -0.323 e. The maximum absolute atomic E-state index is 13.5. The lowest BCUT2D eigenvalue weighted by Gasteiger charge is -2.16. The van der Waals surface area contributed by atoms with Crippen LogP contribution in [0.5, 0.6) is 0 Å². The highest BCUT2D eigenvalue weighted by Crippen LogP contribution is 2.41. The summed E-state index contributed by atoms with van der Waals surface area (Å²) in [5, 5.41) is 2.45. The van der Waals surface area contributed by atoms with Gasteiger partial charge in [0.2, 0.25) is 11.8 Å². The number of fused-ring (bicyclic) bond motifs is 2. The Morgan fingerprint density at radius 3 is 2.32 bits per heavy atom. The molecule has 0 aromatic heterocycles. The second kappa shape index (κ2) is 5.95. The molecule has 0 atom stereocenters. The van der Waals surface area contributed by atoms with Crippen LogP contribution in [-0.4, -0.2) is 18.9 Å². The monoisotopic (exact) mass is 344 g/mol. The summed E-state index contributed by atoms with van der Waals surface area (Å²) in [7, 11) is 1.61. The molecule has 2 aromatic rings. The zero-order valence-electron chi connectivity index (χ0n) is 14.2. The molecule has 2 heterocycles. The number of nitrogens with zero attached hydrogens (tertiary/aromatic N) is 1. The topological polar surface area (TPSA) is 49.4 Å². The summed E-state index contributed by atoms with van der Waals surface area (Å²) in [5.41, 5.74) is 1.67. The number of hydrogen-bond acceptors (Lipinski definition) is 2. The third-order valence-corrected chi connectivity index (χ3v) is 4.55. The predicted octanol–water partition coefficient (Wildman–Crippen LogP) is 3.40. The summed E-state index contributed by atoms with van der Waals surface area (Å²) in [4.78, 5) is 24.0. The fraction of sp³-hybridized carbons (Fsp3) is 0.263. The third kappa shape index (κ3) is 2.77. The first kappa shape index (κ1) is 17.1. The van der Waals surface area contributed by atoms with Gasteiger partial charge in [-0.15, -0.1) is 0 Å². The van der Waals surface area contributed by atoms with Gasteiger partial charge in [0.15, 0.2) is 0 Å². The van der Waals surface area contributed by atoms with Crippen molar-refractivity contribution in [2.45, 2.75) is 25.7 Å². The summed E-state index contributed by atoms with van der Waals surface area (Å²) >= 11 is 0. The molecule has 1 N–H and O–H groups in total. The van der Waals surface area contributed by atoms with Crippen molar-refractivity contribution in [3.63, 3.8) is 0 Å². The standard InChI is InChI=1S/C11H12FNO.C8H6FNO/c1-11(2)7-5-4-6-8(12)9(7)13(3)10(11)14;9-6-3-1-2-5-4-7(11)10-8(5)6/h4-6H,1-3H3;1-3H,4H2,(H,10,11). The minimum absolute atomic E-state index is 0.0578. The molecule has 0 bridgehead atoms. The maximum Gasteiger partial charge on any atom is 0.236 e. The van der Waals surface area contributed by atoms with Crippen molar-refractivity contribution in [2.24, 2.45) is 0 Å². The molecule has 2 aliphatic heterocycles. The third-order valence-electron chi connectivity index (χ3n) is 4.55. The molecular weight excluding hydrogens is 326 g/mol. The quantitative estimate of drug-likeness (QED) is 0.796. The van der Waals surface area contributed by atoms with Crippen LogP contribution in [0.2, 0.25) is 0 Å². The van der Waals surface area contributed by atoms with Crippen LogP contribution >= 0.6 is 0 Å². The van der Waals surface area contributed by atoms with E-state index in [2.05, 4.69) is 5.32 Å². The first-order valence-corrected chi connectivity index (χ1v) is 7.88. The Morgan fingerprint density at radius 1 is 1.04 bits per heavy atom. The van der Waals surface area contributed by atoms with Crippen molar-refractivity contribution in [2.75, 3.05) is 17.3 Å². The summed E-state index contributed by atoms with van der Waals surface area (Å²) in [6.45, 7) is 3.63. The van der Waals surface area contributed by atoms with Crippen molar-refractivity contribution >= 4 is 23.2 Å². The molecule has 0 saturated heterocycles. The number of carbonyl (C=O) groups excluding carboxylic acids is 2. The molecule has 0 aliphatic carbocycles. The van der Waals surface area contributed by atoms with E-state index in [9.17, 15) is 18.4 Å². The Labute approximate surface area is 144 Å². The average molecular weight is 344 g/mol. The van der Waals surface area contributed by atoms with Crippen molar-refractivity contribution in [3.05, 3.63) is 59.2 Å². The van der Waals surface area contributed by atoms with Gasteiger partial charge < -0.3 is 10.2 Å². The second-order valence-electron chi connectivity index (χ2n) is 6.62. The smallest absolute Gasteiger partial charge is 0.236 e. The van der Waals surface area contributed by atoms with E-state index < -0.39 is 5.41 Å². The van der Waals surface area contributed by atoms with Gasteiger partial charge in [0, 0.05) is 7.05 Å². The van der Waals surface area contributed by atoms with Gasteiger partial charge in [-0.3, -0.25) is 9.59 Å². The fourth-order valence-electron chi connectivity index (χ4n) is 3.21. The highest BCUT2D eigenvalue weighted by atomic mass is 19.1. The zero-order chi connectivity index (χ0) is 18.4. The molecule has 4 rings (SSSR count). The number of likely N-dealkylation sites (N-methyl/N-ethyl adjacent to an activating group) is 1. The number of anilines is 2. The van der Waals surface area contributed by atoms with Crippen LogP contribution < -0.4 is 10.2 Å². The number of hydrogen-bond donors (Lipinski definition) is 1. The molecule has 0 spiro atoms. The molecule has 2 aromatic carbocycles. The first-order valence-electron chi connectivity index (χ1n) is 7.88. The molecule has 130 valence electrons. The molecule has 0 saturated carbocycles. The van der Waals surface area contributed by atoms with E-state index in [-0.39, 0.29) is 23.4 Å². The Bertz CT molecular complexity index is 878. The van der Waals surface area contributed by atoms with Crippen LogP contribution in [0.4, 0.5) is 20.2 Å². The van der Waals surface area contributed by atoms with E-state index in [1.807, 2.05) is 13.8 Å². The van der Waals surface area contributed by atoms with Crippen LogP contribution in [0.15, 0.2) is 36.4 Å². The number of benzene rings is 2. The van der Waals surface area contributed by atoms with Crippen molar-refractivity contribution < 1.29 is 18.4 Å². The Balaban J connectivity index is 0.000000150. The number of para-hydroxylation sites is 2. The van der Waals surface area contributed by atoms with Gasteiger partial charge in [0.1, 0.15) is 11.6 Å². The molecule has 0 radical (unpaired) electrons. The lowest BCUT2D eigenvalue weighted by molar-refractivity contribution is -0.121. The highest BCUT2D eigenvalue weighted by molar-refractivity contribution is 6.07. The molecule has 0 unspecified atom stereocenters. The lowest BCUT2D eigenvalue weighted by atomic mass is 9.86. The molecule has 2 aliphatic rings. The van der Waals surface area contributed by atoms with Crippen molar-refractivity contribution in [3.8, 4) is 0 Å². The van der Waals surface area contributed by atoms with Gasteiger partial charge >= 0.3 is 0 Å². The zero-order valence-corrected chi connectivity index (χ0v) is 14.2. The van der Waals surface area contributed by atoms with Gasteiger partial charge in [0.05, 0.1) is 23.2 Å². The molecule has 0 fully saturated rings. The first-order chi connectivity index (χ1) is 11.7. The molecule has 2 amide bonds. The summed E-state index contributed by atoms with van der Waals surface area (Å²) < 4.78 is 26.3. The van der Waals surface area contributed by atoms with E-state index in [0.29, 0.717) is 17.8 Å². The molecule has 4 nitrogen and oxygen atoms in total.